The molecule has 6 heteroatoms. The molecular weight excluding hydrogens is 304 g/mol. The first-order chi connectivity index (χ1) is 10.6. The quantitative estimate of drug-likeness (QED) is 0.923. The van der Waals surface area contributed by atoms with Crippen molar-refractivity contribution in [2.24, 2.45) is 5.41 Å². The number of hydrogen-bond acceptors (Lipinski definition) is 3. The lowest BCUT2D eigenvalue weighted by Gasteiger charge is -2.27. The standard InChI is InChI=1S/C16H17ClN2O3/c17-10-3-4-11-12(8-10)18-15(21)19(14(11)20)9-16-5-1-2-13(16)22-7-6-16/h3-4,8,13H,1-2,5-7,9H2,(H,18,21)/t13-,16-/m1/s1. The SMILES string of the molecule is O=c1[nH]c2cc(Cl)ccc2c(=O)n1C[C@]12CCC[C@H]1OCC2. The first kappa shape index (κ1) is 14.0. The fourth-order valence-corrected chi connectivity index (χ4v) is 4.17. The molecule has 2 heterocycles. The molecule has 1 N–H and O–H groups in total. The van der Waals surface area contributed by atoms with Crippen molar-refractivity contribution in [3.63, 3.8) is 0 Å². The van der Waals surface area contributed by atoms with Crippen molar-refractivity contribution in [1.82, 2.24) is 9.55 Å². The Morgan fingerprint density at radius 2 is 2.23 bits per heavy atom. The Morgan fingerprint density at radius 1 is 1.36 bits per heavy atom. The van der Waals surface area contributed by atoms with E-state index in [4.69, 9.17) is 16.3 Å². The molecule has 0 bridgehead atoms. The lowest BCUT2D eigenvalue weighted by Crippen LogP contribution is -2.42. The van der Waals surface area contributed by atoms with Crippen LogP contribution in [0.2, 0.25) is 5.02 Å². The Balaban J connectivity index is 1.84. The van der Waals surface area contributed by atoms with Crippen LogP contribution in [0.25, 0.3) is 10.9 Å². The summed E-state index contributed by atoms with van der Waals surface area (Å²) in [5.74, 6) is 0. The molecule has 2 aromatic rings. The molecule has 0 unspecified atom stereocenters. The van der Waals surface area contributed by atoms with Crippen LogP contribution in [0.1, 0.15) is 25.7 Å². The second-order valence-electron chi connectivity index (χ2n) is 6.38. The van der Waals surface area contributed by atoms with E-state index in [1.807, 2.05) is 0 Å². The molecule has 1 saturated heterocycles. The maximum Gasteiger partial charge on any atom is 0.328 e. The van der Waals surface area contributed by atoms with Crippen molar-refractivity contribution in [2.75, 3.05) is 6.61 Å². The average molecular weight is 321 g/mol. The molecule has 2 atom stereocenters. The van der Waals surface area contributed by atoms with E-state index in [0.29, 0.717) is 22.5 Å². The molecule has 0 radical (unpaired) electrons. The van der Waals surface area contributed by atoms with Crippen LogP contribution in [0.5, 0.6) is 0 Å². The topological polar surface area (TPSA) is 64.1 Å². The fraction of sp³-hybridized carbons (Fsp3) is 0.500. The summed E-state index contributed by atoms with van der Waals surface area (Å²) in [7, 11) is 0. The molecule has 2 fully saturated rings. The van der Waals surface area contributed by atoms with Crippen molar-refractivity contribution in [3.05, 3.63) is 44.1 Å². The van der Waals surface area contributed by atoms with Gasteiger partial charge in [0, 0.05) is 23.6 Å². The highest BCUT2D eigenvalue weighted by molar-refractivity contribution is 6.31. The van der Waals surface area contributed by atoms with E-state index in [1.165, 1.54) is 4.57 Å². The zero-order valence-corrected chi connectivity index (χ0v) is 12.9. The van der Waals surface area contributed by atoms with Gasteiger partial charge in [-0.1, -0.05) is 18.0 Å². The minimum atomic E-state index is -0.369. The predicted octanol–water partition coefficient (Wildman–Crippen LogP) is 2.30. The van der Waals surface area contributed by atoms with E-state index in [-0.39, 0.29) is 22.8 Å². The molecule has 116 valence electrons. The zero-order valence-electron chi connectivity index (χ0n) is 12.1. The van der Waals surface area contributed by atoms with Gasteiger partial charge in [0.1, 0.15) is 0 Å². The van der Waals surface area contributed by atoms with Crippen LogP contribution in [0, 0.1) is 5.41 Å². The van der Waals surface area contributed by atoms with Crippen LogP contribution in [0.3, 0.4) is 0 Å². The van der Waals surface area contributed by atoms with Crippen molar-refractivity contribution in [3.8, 4) is 0 Å². The minimum Gasteiger partial charge on any atom is -0.378 e. The number of fused-ring (bicyclic) bond motifs is 2. The van der Waals surface area contributed by atoms with Gasteiger partial charge in [0.2, 0.25) is 0 Å². The van der Waals surface area contributed by atoms with Crippen LogP contribution < -0.4 is 11.2 Å². The first-order valence-corrected chi connectivity index (χ1v) is 8.01. The lowest BCUT2D eigenvalue weighted by molar-refractivity contribution is 0.0614. The Bertz CT molecular complexity index is 845. The van der Waals surface area contributed by atoms with Crippen molar-refractivity contribution >= 4 is 22.5 Å². The van der Waals surface area contributed by atoms with Crippen LogP contribution in [-0.2, 0) is 11.3 Å². The number of rotatable bonds is 2. The van der Waals surface area contributed by atoms with Gasteiger partial charge in [-0.2, -0.15) is 0 Å². The lowest BCUT2D eigenvalue weighted by atomic mass is 9.82. The van der Waals surface area contributed by atoms with Crippen LogP contribution in [-0.4, -0.2) is 22.3 Å². The molecular formula is C16H17ClN2O3. The number of nitrogens with one attached hydrogen (secondary N) is 1. The number of aromatic amines is 1. The number of aromatic nitrogens is 2. The van der Waals surface area contributed by atoms with Gasteiger partial charge in [-0.05, 0) is 37.5 Å². The van der Waals surface area contributed by atoms with E-state index in [9.17, 15) is 9.59 Å². The molecule has 1 saturated carbocycles. The van der Waals surface area contributed by atoms with Crippen molar-refractivity contribution in [2.45, 2.75) is 38.3 Å². The van der Waals surface area contributed by atoms with E-state index in [0.717, 1.165) is 32.3 Å². The molecule has 0 spiro atoms. The second kappa shape index (κ2) is 4.96. The van der Waals surface area contributed by atoms with Gasteiger partial charge in [0.25, 0.3) is 5.56 Å². The zero-order chi connectivity index (χ0) is 15.3. The van der Waals surface area contributed by atoms with E-state index in [2.05, 4.69) is 4.98 Å². The van der Waals surface area contributed by atoms with Gasteiger partial charge in [-0.15, -0.1) is 0 Å². The van der Waals surface area contributed by atoms with Gasteiger partial charge >= 0.3 is 5.69 Å². The minimum absolute atomic E-state index is 0.0586. The number of benzene rings is 1. The number of H-pyrrole nitrogens is 1. The highest BCUT2D eigenvalue weighted by atomic mass is 35.5. The molecule has 0 amide bonds. The van der Waals surface area contributed by atoms with Crippen LogP contribution >= 0.6 is 11.6 Å². The van der Waals surface area contributed by atoms with Gasteiger partial charge in [0.05, 0.1) is 17.0 Å². The summed E-state index contributed by atoms with van der Waals surface area (Å²) in [6.45, 7) is 1.16. The fourth-order valence-electron chi connectivity index (χ4n) is 4.00. The summed E-state index contributed by atoms with van der Waals surface area (Å²) >= 11 is 5.93. The predicted molar refractivity (Wildman–Crippen MR) is 84.5 cm³/mol. The average Bonchev–Trinajstić information content (AvgIpc) is 3.02. The molecule has 1 aliphatic carbocycles. The number of halogens is 1. The largest absolute Gasteiger partial charge is 0.378 e. The van der Waals surface area contributed by atoms with Crippen LogP contribution in [0.15, 0.2) is 27.8 Å². The van der Waals surface area contributed by atoms with E-state index < -0.39 is 0 Å². The van der Waals surface area contributed by atoms with Gasteiger partial charge in [-0.3, -0.25) is 9.36 Å². The maximum absolute atomic E-state index is 12.7. The van der Waals surface area contributed by atoms with Crippen LogP contribution in [0.4, 0.5) is 0 Å². The molecule has 1 aliphatic heterocycles. The van der Waals surface area contributed by atoms with Gasteiger partial charge in [0.15, 0.2) is 0 Å². The summed E-state index contributed by atoms with van der Waals surface area (Å²) in [6, 6.07) is 4.95. The Morgan fingerprint density at radius 3 is 3.09 bits per heavy atom. The first-order valence-electron chi connectivity index (χ1n) is 7.63. The Hall–Kier alpha value is -1.59. The Kier molecular flexibility index (Phi) is 3.16. The number of nitrogens with zero attached hydrogens (tertiary/aromatic N) is 1. The number of hydrogen-bond donors (Lipinski definition) is 1. The molecule has 5 nitrogen and oxygen atoms in total. The van der Waals surface area contributed by atoms with E-state index in [1.54, 1.807) is 18.2 Å². The summed E-state index contributed by atoms with van der Waals surface area (Å²) in [5, 5.41) is 0.993. The summed E-state index contributed by atoms with van der Waals surface area (Å²) in [4.78, 5) is 27.8. The van der Waals surface area contributed by atoms with Gasteiger partial charge in [-0.25, -0.2) is 4.79 Å². The highest BCUT2D eigenvalue weighted by Gasteiger charge is 2.48. The normalized spacial score (nSPS) is 27.4. The highest BCUT2D eigenvalue weighted by Crippen LogP contribution is 2.48. The molecule has 1 aromatic heterocycles. The van der Waals surface area contributed by atoms with Gasteiger partial charge < -0.3 is 9.72 Å². The second-order valence-corrected chi connectivity index (χ2v) is 6.81. The Labute approximate surface area is 131 Å². The summed E-state index contributed by atoms with van der Waals surface area (Å²) in [5.41, 5.74) is -0.187. The third-order valence-electron chi connectivity index (χ3n) is 5.16. The smallest absolute Gasteiger partial charge is 0.328 e. The third-order valence-corrected chi connectivity index (χ3v) is 5.40. The molecule has 2 aliphatic rings. The molecule has 4 rings (SSSR count). The summed E-state index contributed by atoms with van der Waals surface area (Å²) < 4.78 is 7.13. The molecule has 22 heavy (non-hydrogen) atoms. The van der Waals surface area contributed by atoms with Crippen molar-refractivity contribution in [1.29, 1.82) is 0 Å². The third kappa shape index (κ3) is 2.03. The van der Waals surface area contributed by atoms with E-state index >= 15 is 0 Å². The molecule has 1 aromatic carbocycles. The summed E-state index contributed by atoms with van der Waals surface area (Å²) in [6.07, 6.45) is 4.24. The monoisotopic (exact) mass is 320 g/mol. The van der Waals surface area contributed by atoms with Crippen molar-refractivity contribution < 1.29 is 4.74 Å². The maximum atomic E-state index is 12.7. The number of ether oxygens (including phenoxy) is 1.